The van der Waals surface area contributed by atoms with Gasteiger partial charge in [-0.25, -0.2) is 8.42 Å². The predicted octanol–water partition coefficient (Wildman–Crippen LogP) is 1.91. The van der Waals surface area contributed by atoms with Gasteiger partial charge in [-0.3, -0.25) is 4.31 Å². The van der Waals surface area contributed by atoms with Gasteiger partial charge in [-0.1, -0.05) is 6.07 Å². The molecule has 17 heavy (non-hydrogen) atoms. The smallest absolute Gasteiger partial charge is 0.235 e. The van der Waals surface area contributed by atoms with E-state index in [2.05, 4.69) is 0 Å². The van der Waals surface area contributed by atoms with Crippen molar-refractivity contribution >= 4 is 22.2 Å². The van der Waals surface area contributed by atoms with Crippen LogP contribution in [0.5, 0.6) is 5.75 Å². The van der Waals surface area contributed by atoms with E-state index in [1.54, 1.807) is 19.3 Å². The summed E-state index contributed by atoms with van der Waals surface area (Å²) in [4.78, 5) is 0. The van der Waals surface area contributed by atoms with Crippen LogP contribution in [0, 0.1) is 0 Å². The first kappa shape index (κ1) is 11.7. The van der Waals surface area contributed by atoms with Crippen LogP contribution in [0.3, 0.4) is 0 Å². The van der Waals surface area contributed by atoms with E-state index >= 15 is 0 Å². The lowest BCUT2D eigenvalue weighted by Gasteiger charge is -2.10. The molecule has 0 saturated heterocycles. The second-order valence-electron chi connectivity index (χ2n) is 3.72. The number of benzene rings is 1. The van der Waals surface area contributed by atoms with Crippen molar-refractivity contribution in [3.8, 4) is 5.75 Å². The average Bonchev–Trinajstić information content (AvgIpc) is 2.49. The molecule has 1 aromatic carbocycles. The third-order valence-electron chi connectivity index (χ3n) is 2.48. The van der Waals surface area contributed by atoms with Crippen molar-refractivity contribution < 1.29 is 13.2 Å². The van der Waals surface area contributed by atoms with E-state index in [0.717, 1.165) is 23.1 Å². The van der Waals surface area contributed by atoms with E-state index in [4.69, 9.17) is 4.74 Å². The summed E-state index contributed by atoms with van der Waals surface area (Å²) in [6.07, 6.45) is 7.73. The molecular formula is C12H13NO3S. The van der Waals surface area contributed by atoms with Crippen molar-refractivity contribution in [3.63, 3.8) is 0 Å². The number of fused-ring (bicyclic) bond motifs is 1. The van der Waals surface area contributed by atoms with Crippen LogP contribution in [0.1, 0.15) is 11.1 Å². The maximum Gasteiger partial charge on any atom is 0.235 e. The van der Waals surface area contributed by atoms with Gasteiger partial charge in [0.2, 0.25) is 10.0 Å². The van der Waals surface area contributed by atoms with E-state index in [1.165, 1.54) is 16.7 Å². The highest BCUT2D eigenvalue weighted by Gasteiger charge is 2.11. The lowest BCUT2D eigenvalue weighted by Crippen LogP contribution is -2.17. The molecule has 1 aliphatic rings. The van der Waals surface area contributed by atoms with Crippen LogP contribution >= 0.6 is 0 Å². The molecule has 0 aliphatic carbocycles. The fourth-order valence-corrected chi connectivity index (χ4v) is 2.12. The molecule has 0 radical (unpaired) electrons. The molecule has 1 aromatic rings. The average molecular weight is 251 g/mol. The zero-order valence-corrected chi connectivity index (χ0v) is 10.4. The van der Waals surface area contributed by atoms with Crippen LogP contribution in [0.25, 0.3) is 12.2 Å². The second kappa shape index (κ2) is 4.25. The molecule has 1 aliphatic heterocycles. The van der Waals surface area contributed by atoms with E-state index in [-0.39, 0.29) is 0 Å². The molecule has 0 fully saturated rings. The zero-order chi connectivity index (χ0) is 12.5. The van der Waals surface area contributed by atoms with Gasteiger partial charge in [-0.2, -0.15) is 0 Å². The summed E-state index contributed by atoms with van der Waals surface area (Å²) < 4.78 is 29.1. The molecule has 1 heterocycles. The van der Waals surface area contributed by atoms with Crippen molar-refractivity contribution in [2.45, 2.75) is 0 Å². The topological polar surface area (TPSA) is 46.6 Å². The lowest BCUT2D eigenvalue weighted by molar-refractivity contribution is 0.414. The standard InChI is InChI=1S/C12H13NO3S/c1-16-12-4-3-10-5-7-13(17(2,14)15)8-6-11(10)9-12/h3-9H,1-2H3. The Balaban J connectivity index is 2.45. The molecule has 0 aromatic heterocycles. The second-order valence-corrected chi connectivity index (χ2v) is 5.61. The van der Waals surface area contributed by atoms with Gasteiger partial charge in [0, 0.05) is 12.4 Å². The normalized spacial score (nSPS) is 14.4. The summed E-state index contributed by atoms with van der Waals surface area (Å²) in [6.45, 7) is 0. The van der Waals surface area contributed by atoms with Crippen molar-refractivity contribution in [2.75, 3.05) is 13.4 Å². The van der Waals surface area contributed by atoms with Gasteiger partial charge in [0.25, 0.3) is 0 Å². The van der Waals surface area contributed by atoms with Crippen LogP contribution in [0.15, 0.2) is 30.6 Å². The molecule has 0 saturated carbocycles. The Bertz CT molecular complexity index is 588. The monoisotopic (exact) mass is 251 g/mol. The molecule has 2 rings (SSSR count). The number of hydrogen-bond acceptors (Lipinski definition) is 3. The summed E-state index contributed by atoms with van der Waals surface area (Å²) in [5.41, 5.74) is 1.87. The molecular weight excluding hydrogens is 238 g/mol. The largest absolute Gasteiger partial charge is 0.497 e. The first-order chi connectivity index (χ1) is 8.00. The third kappa shape index (κ3) is 2.50. The number of methoxy groups -OCH3 is 1. The lowest BCUT2D eigenvalue weighted by atomic mass is 10.1. The summed E-state index contributed by atoms with van der Waals surface area (Å²) in [7, 11) is -1.66. The van der Waals surface area contributed by atoms with Gasteiger partial charge in [-0.15, -0.1) is 0 Å². The van der Waals surface area contributed by atoms with Gasteiger partial charge in [-0.05, 0) is 35.4 Å². The molecule has 0 bridgehead atoms. The van der Waals surface area contributed by atoms with Crippen molar-refractivity contribution in [1.29, 1.82) is 0 Å². The number of rotatable bonds is 2. The van der Waals surface area contributed by atoms with Gasteiger partial charge in [0.05, 0.1) is 13.4 Å². The van der Waals surface area contributed by atoms with E-state index in [1.807, 2.05) is 18.2 Å². The Morgan fingerprint density at radius 3 is 2.35 bits per heavy atom. The maximum absolute atomic E-state index is 11.4. The Hall–Kier alpha value is -1.75. The van der Waals surface area contributed by atoms with Crippen LogP contribution in [0.2, 0.25) is 0 Å². The number of ether oxygens (including phenoxy) is 1. The molecule has 5 heteroatoms. The molecule has 90 valence electrons. The molecule has 0 amide bonds. The Morgan fingerprint density at radius 2 is 1.76 bits per heavy atom. The predicted molar refractivity (Wildman–Crippen MR) is 67.7 cm³/mol. The Labute approximate surface area is 101 Å². The van der Waals surface area contributed by atoms with Crippen LogP contribution in [-0.4, -0.2) is 26.1 Å². The van der Waals surface area contributed by atoms with E-state index in [9.17, 15) is 8.42 Å². The van der Waals surface area contributed by atoms with Crippen LogP contribution < -0.4 is 4.74 Å². The minimum absolute atomic E-state index is 0.745. The number of nitrogens with zero attached hydrogens (tertiary/aromatic N) is 1. The number of sulfonamides is 1. The molecule has 0 N–H and O–H groups in total. The van der Waals surface area contributed by atoms with Crippen LogP contribution in [-0.2, 0) is 10.0 Å². The third-order valence-corrected chi connectivity index (χ3v) is 3.49. The Morgan fingerprint density at radius 1 is 1.12 bits per heavy atom. The van der Waals surface area contributed by atoms with Gasteiger partial charge in [0.15, 0.2) is 0 Å². The highest BCUT2D eigenvalue weighted by molar-refractivity contribution is 7.88. The maximum atomic E-state index is 11.4. The van der Waals surface area contributed by atoms with Crippen molar-refractivity contribution in [2.24, 2.45) is 0 Å². The minimum atomic E-state index is -3.25. The van der Waals surface area contributed by atoms with Crippen LogP contribution in [0.4, 0.5) is 0 Å². The molecule has 0 atom stereocenters. The van der Waals surface area contributed by atoms with Crippen molar-refractivity contribution in [3.05, 3.63) is 41.7 Å². The van der Waals surface area contributed by atoms with Crippen molar-refractivity contribution in [1.82, 2.24) is 4.31 Å². The van der Waals surface area contributed by atoms with E-state index in [0.29, 0.717) is 0 Å². The fourth-order valence-electron chi connectivity index (χ4n) is 1.55. The molecule has 0 spiro atoms. The Kier molecular flexibility index (Phi) is 2.93. The number of hydrogen-bond donors (Lipinski definition) is 0. The van der Waals surface area contributed by atoms with Gasteiger partial charge in [0.1, 0.15) is 5.75 Å². The summed E-state index contributed by atoms with van der Waals surface area (Å²) in [5, 5.41) is 0. The quantitative estimate of drug-likeness (QED) is 0.806. The first-order valence-corrected chi connectivity index (χ1v) is 6.88. The molecule has 0 unspecified atom stereocenters. The summed E-state index contributed by atoms with van der Waals surface area (Å²) in [6, 6.07) is 5.59. The van der Waals surface area contributed by atoms with E-state index < -0.39 is 10.0 Å². The highest BCUT2D eigenvalue weighted by atomic mass is 32.2. The SMILES string of the molecule is COc1ccc2c(c1)C=CN(S(C)(=O)=O)C=C2. The van der Waals surface area contributed by atoms with Gasteiger partial charge < -0.3 is 4.74 Å². The summed E-state index contributed by atoms with van der Waals surface area (Å²) >= 11 is 0. The van der Waals surface area contributed by atoms with Gasteiger partial charge >= 0.3 is 0 Å². The fraction of sp³-hybridized carbons (Fsp3) is 0.167. The minimum Gasteiger partial charge on any atom is -0.497 e. The summed E-state index contributed by atoms with van der Waals surface area (Å²) in [5.74, 6) is 0.745. The molecule has 4 nitrogen and oxygen atoms in total. The first-order valence-electron chi connectivity index (χ1n) is 5.03. The highest BCUT2D eigenvalue weighted by Crippen LogP contribution is 2.23. The zero-order valence-electron chi connectivity index (χ0n) is 9.62.